The number of hydrogen-bond acceptors (Lipinski definition) is 3. The van der Waals surface area contributed by atoms with E-state index in [0.717, 1.165) is 5.56 Å². The molecule has 1 N–H and O–H groups in total. The lowest BCUT2D eigenvalue weighted by Gasteiger charge is -2.11. The summed E-state index contributed by atoms with van der Waals surface area (Å²) in [5.41, 5.74) is 0.137. The third-order valence-corrected chi connectivity index (χ3v) is 3.10. The lowest BCUT2D eigenvalue weighted by molar-refractivity contribution is 0.411. The SMILES string of the molecule is Fc1nc(F)c(F)c(Nc2cccc(Cn3cccn3)c2)c1F. The van der Waals surface area contributed by atoms with Gasteiger partial charge in [-0.2, -0.15) is 27.6 Å². The van der Waals surface area contributed by atoms with E-state index in [-0.39, 0.29) is 5.69 Å². The molecule has 4 nitrogen and oxygen atoms in total. The zero-order chi connectivity index (χ0) is 16.4. The predicted molar refractivity (Wildman–Crippen MR) is 75.1 cm³/mol. The fourth-order valence-electron chi connectivity index (χ4n) is 2.07. The van der Waals surface area contributed by atoms with Gasteiger partial charge in [-0.25, -0.2) is 0 Å². The number of pyridine rings is 1. The van der Waals surface area contributed by atoms with Crippen molar-refractivity contribution in [1.82, 2.24) is 14.8 Å². The summed E-state index contributed by atoms with van der Waals surface area (Å²) in [7, 11) is 0. The van der Waals surface area contributed by atoms with Crippen LogP contribution in [0.2, 0.25) is 0 Å². The second kappa shape index (κ2) is 6.07. The van der Waals surface area contributed by atoms with Crippen molar-refractivity contribution in [3.05, 3.63) is 71.8 Å². The van der Waals surface area contributed by atoms with Crippen molar-refractivity contribution in [3.63, 3.8) is 0 Å². The predicted octanol–water partition coefficient (Wildman–Crippen LogP) is 3.63. The monoisotopic (exact) mass is 322 g/mol. The molecule has 0 aliphatic carbocycles. The van der Waals surface area contributed by atoms with Gasteiger partial charge < -0.3 is 5.32 Å². The molecule has 0 aliphatic rings. The zero-order valence-electron chi connectivity index (χ0n) is 11.6. The Morgan fingerprint density at radius 3 is 2.39 bits per heavy atom. The number of halogens is 4. The highest BCUT2D eigenvalue weighted by Gasteiger charge is 2.20. The zero-order valence-corrected chi connectivity index (χ0v) is 11.6. The molecule has 0 saturated heterocycles. The second-order valence-electron chi connectivity index (χ2n) is 4.73. The van der Waals surface area contributed by atoms with Gasteiger partial charge in [0.25, 0.3) is 11.9 Å². The minimum Gasteiger partial charge on any atom is -0.350 e. The second-order valence-corrected chi connectivity index (χ2v) is 4.73. The molecule has 2 aromatic heterocycles. The van der Waals surface area contributed by atoms with Gasteiger partial charge in [0.15, 0.2) is 0 Å². The van der Waals surface area contributed by atoms with Crippen molar-refractivity contribution >= 4 is 11.4 Å². The number of hydrogen-bond donors (Lipinski definition) is 1. The Kier molecular flexibility index (Phi) is 3.96. The number of nitrogens with one attached hydrogen (secondary N) is 1. The van der Waals surface area contributed by atoms with Crippen LogP contribution in [-0.4, -0.2) is 14.8 Å². The smallest absolute Gasteiger partial charge is 0.253 e. The van der Waals surface area contributed by atoms with Crippen LogP contribution in [0, 0.1) is 23.5 Å². The van der Waals surface area contributed by atoms with Crippen LogP contribution >= 0.6 is 0 Å². The summed E-state index contributed by atoms with van der Waals surface area (Å²) in [6.07, 6.45) is 3.38. The average molecular weight is 322 g/mol. The molecule has 0 fully saturated rings. The van der Waals surface area contributed by atoms with E-state index in [1.807, 2.05) is 0 Å². The third-order valence-electron chi connectivity index (χ3n) is 3.10. The lowest BCUT2D eigenvalue weighted by Crippen LogP contribution is -2.06. The summed E-state index contributed by atoms with van der Waals surface area (Å²) in [5.74, 6) is -6.58. The van der Waals surface area contributed by atoms with Crippen LogP contribution in [0.1, 0.15) is 5.56 Å². The number of anilines is 2. The molecule has 3 aromatic rings. The molecule has 118 valence electrons. The first-order valence-corrected chi connectivity index (χ1v) is 6.58. The van der Waals surface area contributed by atoms with Crippen molar-refractivity contribution in [2.24, 2.45) is 0 Å². The first-order chi connectivity index (χ1) is 11.0. The summed E-state index contributed by atoms with van der Waals surface area (Å²) in [5, 5.41) is 6.39. The van der Waals surface area contributed by atoms with Crippen molar-refractivity contribution < 1.29 is 17.6 Å². The summed E-state index contributed by atoms with van der Waals surface area (Å²) in [6.45, 7) is 0.437. The number of benzene rings is 1. The highest BCUT2D eigenvalue weighted by atomic mass is 19.2. The van der Waals surface area contributed by atoms with Gasteiger partial charge in [-0.15, -0.1) is 0 Å². The maximum absolute atomic E-state index is 13.6. The number of nitrogens with zero attached hydrogens (tertiary/aromatic N) is 3. The quantitative estimate of drug-likeness (QED) is 0.589. The Labute approximate surface area is 128 Å². The maximum atomic E-state index is 13.6. The lowest BCUT2D eigenvalue weighted by atomic mass is 10.2. The molecule has 23 heavy (non-hydrogen) atoms. The van der Waals surface area contributed by atoms with Crippen molar-refractivity contribution in [1.29, 1.82) is 0 Å². The van der Waals surface area contributed by atoms with E-state index in [2.05, 4.69) is 15.4 Å². The summed E-state index contributed by atoms with van der Waals surface area (Å²) >= 11 is 0. The fourth-order valence-corrected chi connectivity index (χ4v) is 2.07. The highest BCUT2D eigenvalue weighted by molar-refractivity contribution is 5.61. The number of aromatic nitrogens is 3. The van der Waals surface area contributed by atoms with Gasteiger partial charge in [-0.05, 0) is 23.8 Å². The molecule has 2 heterocycles. The molecule has 0 spiro atoms. The van der Waals surface area contributed by atoms with E-state index < -0.39 is 29.2 Å². The summed E-state index contributed by atoms with van der Waals surface area (Å²) < 4.78 is 55.1. The molecule has 0 amide bonds. The molecule has 1 aromatic carbocycles. The van der Waals surface area contributed by atoms with Gasteiger partial charge in [0.2, 0.25) is 11.6 Å². The van der Waals surface area contributed by atoms with Crippen molar-refractivity contribution in [3.8, 4) is 0 Å². The van der Waals surface area contributed by atoms with E-state index in [1.165, 1.54) is 6.07 Å². The highest BCUT2D eigenvalue weighted by Crippen LogP contribution is 2.26. The van der Waals surface area contributed by atoms with Gasteiger partial charge in [0.05, 0.1) is 6.54 Å². The largest absolute Gasteiger partial charge is 0.350 e. The van der Waals surface area contributed by atoms with E-state index in [9.17, 15) is 17.6 Å². The Morgan fingerprint density at radius 1 is 1.00 bits per heavy atom. The van der Waals surface area contributed by atoms with Crippen LogP contribution in [0.5, 0.6) is 0 Å². The van der Waals surface area contributed by atoms with Gasteiger partial charge in [0.1, 0.15) is 5.69 Å². The standard InChI is InChI=1S/C15H10F4N4/c16-11-13(12(17)15(19)22-14(11)18)21-10-4-1-3-9(7-10)8-23-6-2-5-20-23/h1-7H,8H2,(H,21,22). The third kappa shape index (κ3) is 3.15. The van der Waals surface area contributed by atoms with Gasteiger partial charge in [-0.3, -0.25) is 4.68 Å². The maximum Gasteiger partial charge on any atom is 0.253 e. The van der Waals surface area contributed by atoms with Crippen LogP contribution in [0.15, 0.2) is 42.7 Å². The Morgan fingerprint density at radius 2 is 1.74 bits per heavy atom. The normalized spacial score (nSPS) is 10.8. The molecule has 0 saturated carbocycles. The molecule has 0 atom stereocenters. The van der Waals surface area contributed by atoms with E-state index in [4.69, 9.17) is 0 Å². The van der Waals surface area contributed by atoms with Crippen molar-refractivity contribution in [2.75, 3.05) is 5.32 Å². The Hall–Kier alpha value is -2.90. The first-order valence-electron chi connectivity index (χ1n) is 6.58. The van der Waals surface area contributed by atoms with Crippen LogP contribution in [0.25, 0.3) is 0 Å². The van der Waals surface area contributed by atoms with Crippen LogP contribution in [0.4, 0.5) is 28.9 Å². The molecule has 0 bridgehead atoms. The molecular weight excluding hydrogens is 312 g/mol. The number of rotatable bonds is 4. The van der Waals surface area contributed by atoms with Gasteiger partial charge >= 0.3 is 0 Å². The molecule has 8 heteroatoms. The van der Waals surface area contributed by atoms with Crippen molar-refractivity contribution in [2.45, 2.75) is 6.54 Å². The Balaban J connectivity index is 1.89. The molecule has 3 rings (SSSR count). The van der Waals surface area contributed by atoms with Crippen LogP contribution in [0.3, 0.4) is 0 Å². The average Bonchev–Trinajstić information content (AvgIpc) is 3.03. The van der Waals surface area contributed by atoms with Crippen LogP contribution in [-0.2, 0) is 6.54 Å². The topological polar surface area (TPSA) is 42.7 Å². The van der Waals surface area contributed by atoms with E-state index in [1.54, 1.807) is 41.3 Å². The molecular formula is C15H10F4N4. The minimum atomic E-state index is -1.71. The van der Waals surface area contributed by atoms with Crippen LogP contribution < -0.4 is 5.32 Å². The van der Waals surface area contributed by atoms with E-state index in [0.29, 0.717) is 6.54 Å². The van der Waals surface area contributed by atoms with Gasteiger partial charge in [0, 0.05) is 18.1 Å². The molecule has 0 radical (unpaired) electrons. The summed E-state index contributed by atoms with van der Waals surface area (Å²) in [6, 6.07) is 8.30. The Bertz CT molecular complexity index is 807. The first kappa shape index (κ1) is 15.0. The minimum absolute atomic E-state index is 0.275. The van der Waals surface area contributed by atoms with Gasteiger partial charge in [-0.1, -0.05) is 12.1 Å². The fraction of sp³-hybridized carbons (Fsp3) is 0.0667. The molecule has 0 aliphatic heterocycles. The molecule has 0 unspecified atom stereocenters. The van der Waals surface area contributed by atoms with E-state index >= 15 is 0 Å². The summed E-state index contributed by atoms with van der Waals surface area (Å²) in [4.78, 5) is 2.51.